The van der Waals surface area contributed by atoms with Crippen LogP contribution < -0.4 is 19.1 Å². The number of methoxy groups -OCH3 is 1. The van der Waals surface area contributed by atoms with Crippen molar-refractivity contribution in [3.63, 3.8) is 0 Å². The molecule has 0 aliphatic carbocycles. The number of aromatic nitrogens is 1. The molecule has 227 valence electrons. The molecule has 0 N–H and O–H groups in total. The summed E-state index contributed by atoms with van der Waals surface area (Å²) in [7, 11) is 8.57. The van der Waals surface area contributed by atoms with Crippen LogP contribution in [-0.2, 0) is 39.3 Å². The van der Waals surface area contributed by atoms with E-state index in [0.29, 0.717) is 0 Å². The van der Waals surface area contributed by atoms with E-state index in [2.05, 4.69) is 158 Å². The first-order valence-corrected chi connectivity index (χ1v) is 16.1. The van der Waals surface area contributed by atoms with Crippen LogP contribution in [0.25, 0.3) is 22.7 Å². The van der Waals surface area contributed by atoms with Gasteiger partial charge in [-0.2, -0.15) is 4.57 Å². The Hall–Kier alpha value is -3.16. The van der Waals surface area contributed by atoms with Gasteiger partial charge in [-0.3, -0.25) is 4.90 Å². The summed E-state index contributed by atoms with van der Waals surface area (Å²) in [5.74, 6) is 2.02. The standard InChI is InChI=1S/C38H42N4OS.Y/c1-6-40(23-24-42(3,4)28-29-15-9-7-10-16-29)37-25-30(26-38-39(2)34-19-13-14-20-36(34)44-38)33-22-21-32(43-5)27-35(33)41(37)31-17-11-8-12-18-31;/h7-22,25-27H,6,23-24,28H2,1-5H3;/q+2;. The maximum Gasteiger partial charge on any atom is 0.283 e. The fraction of sp³-hybridized carbons (Fsp3) is 0.237. The van der Waals surface area contributed by atoms with Gasteiger partial charge in [-0.05, 0) is 55.0 Å². The first-order chi connectivity index (χ1) is 21.4. The summed E-state index contributed by atoms with van der Waals surface area (Å²) in [6.07, 6.45) is 2.35. The zero-order valence-corrected chi connectivity index (χ0v) is 30.6. The Morgan fingerprint density at radius 3 is 2.27 bits per heavy atom. The van der Waals surface area contributed by atoms with Crippen molar-refractivity contribution in [1.29, 1.82) is 0 Å². The van der Waals surface area contributed by atoms with E-state index in [1.54, 1.807) is 7.11 Å². The van der Waals surface area contributed by atoms with Crippen molar-refractivity contribution in [2.45, 2.75) is 18.4 Å². The smallest absolute Gasteiger partial charge is 0.283 e. The fourth-order valence-corrected chi connectivity index (χ4v) is 7.14. The first-order valence-electron chi connectivity index (χ1n) is 15.3. The van der Waals surface area contributed by atoms with E-state index in [0.717, 1.165) is 47.6 Å². The average Bonchev–Trinajstić information content (AvgIpc) is 3.36. The third kappa shape index (κ3) is 7.31. The van der Waals surface area contributed by atoms with Gasteiger partial charge >= 0.3 is 0 Å². The minimum atomic E-state index is 0. The summed E-state index contributed by atoms with van der Waals surface area (Å²) in [4.78, 5) is 6.12. The summed E-state index contributed by atoms with van der Waals surface area (Å²) >= 11 is 1.83. The number of nitrogens with zero attached hydrogens (tertiary/aromatic N) is 4. The predicted octanol–water partition coefficient (Wildman–Crippen LogP) is 7.77. The third-order valence-electron chi connectivity index (χ3n) is 8.47. The number of likely N-dealkylation sites (N-methyl/N-ethyl adjacent to an activating group) is 2. The Bertz CT molecular complexity index is 1790. The molecule has 5 nitrogen and oxygen atoms in total. The summed E-state index contributed by atoms with van der Waals surface area (Å²) in [6, 6.07) is 39.0. The van der Waals surface area contributed by atoms with Gasteiger partial charge in [0.05, 0.1) is 38.5 Å². The molecule has 0 spiro atoms. The van der Waals surface area contributed by atoms with Crippen LogP contribution >= 0.6 is 11.8 Å². The van der Waals surface area contributed by atoms with Crippen molar-refractivity contribution < 1.29 is 46.5 Å². The molecule has 4 aromatic carbocycles. The largest absolute Gasteiger partial charge is 0.497 e. The molecular weight excluding hydrogens is 649 g/mol. The molecule has 0 bridgehead atoms. The molecule has 45 heavy (non-hydrogen) atoms. The monoisotopic (exact) mass is 691 g/mol. The maximum atomic E-state index is 5.76. The van der Waals surface area contributed by atoms with Gasteiger partial charge in [-0.25, -0.2) is 0 Å². The minimum Gasteiger partial charge on any atom is -0.497 e. The summed E-state index contributed by atoms with van der Waals surface area (Å²) in [6.45, 7) is 6.08. The molecule has 1 aliphatic rings. The molecule has 0 fully saturated rings. The Morgan fingerprint density at radius 1 is 0.889 bits per heavy atom. The van der Waals surface area contributed by atoms with Crippen molar-refractivity contribution in [2.24, 2.45) is 0 Å². The summed E-state index contributed by atoms with van der Waals surface area (Å²) < 4.78 is 9.07. The van der Waals surface area contributed by atoms with E-state index in [9.17, 15) is 0 Å². The number of hydrogen-bond donors (Lipinski definition) is 0. The van der Waals surface area contributed by atoms with Crippen LogP contribution in [0.1, 0.15) is 18.1 Å². The molecule has 0 amide bonds. The molecule has 0 saturated heterocycles. The topological polar surface area (TPSA) is 19.6 Å². The van der Waals surface area contributed by atoms with E-state index in [-0.39, 0.29) is 32.7 Å². The zero-order chi connectivity index (χ0) is 30.7. The SMILES string of the molecule is CCN(CC[N+](C)(C)Cc1ccccc1)c1cc(C=C2Sc3ccccc3N2C)c2ccc(OC)cc2[n+]1-c1ccccc1.[Y]. The molecule has 6 rings (SSSR count). The van der Waals surface area contributed by atoms with Crippen LogP contribution in [0, 0.1) is 0 Å². The van der Waals surface area contributed by atoms with Gasteiger partial charge in [0.15, 0.2) is 0 Å². The van der Waals surface area contributed by atoms with Gasteiger partial charge in [0.25, 0.3) is 5.82 Å². The van der Waals surface area contributed by atoms with Gasteiger partial charge in [-0.1, -0.05) is 72.4 Å². The van der Waals surface area contributed by atoms with Crippen molar-refractivity contribution in [3.05, 3.63) is 125 Å². The van der Waals surface area contributed by atoms with Crippen molar-refractivity contribution in [3.8, 4) is 11.4 Å². The molecule has 2 heterocycles. The molecule has 1 aliphatic heterocycles. The van der Waals surface area contributed by atoms with Gasteiger partial charge in [0.1, 0.15) is 36.6 Å². The Balaban J connectivity index is 0.00000400. The molecule has 7 heteroatoms. The van der Waals surface area contributed by atoms with Crippen LogP contribution in [0.3, 0.4) is 0 Å². The number of fused-ring (bicyclic) bond motifs is 2. The number of anilines is 2. The van der Waals surface area contributed by atoms with Gasteiger partial charge in [0, 0.05) is 67.7 Å². The molecule has 1 radical (unpaired) electrons. The maximum absolute atomic E-state index is 5.76. The normalized spacial score (nSPS) is 13.5. The molecular formula is C38H42N4OSY+2. The quantitative estimate of drug-likeness (QED) is 0.110. The molecule has 5 aromatic rings. The number of hydrogen-bond acceptors (Lipinski definition) is 4. The third-order valence-corrected chi connectivity index (χ3v) is 9.64. The van der Waals surface area contributed by atoms with Gasteiger partial charge in [0.2, 0.25) is 0 Å². The second kappa shape index (κ2) is 14.5. The second-order valence-electron chi connectivity index (χ2n) is 12.0. The summed E-state index contributed by atoms with van der Waals surface area (Å²) in [5.41, 5.74) is 6.07. The van der Waals surface area contributed by atoms with Crippen molar-refractivity contribution in [2.75, 3.05) is 57.7 Å². The van der Waals surface area contributed by atoms with Gasteiger partial charge < -0.3 is 14.1 Å². The molecule has 0 unspecified atom stereocenters. The molecule has 1 aromatic heterocycles. The number of ether oxygens (including phenoxy) is 1. The number of benzene rings is 4. The van der Waals surface area contributed by atoms with E-state index >= 15 is 0 Å². The van der Waals surface area contributed by atoms with Crippen LogP contribution in [0.15, 0.2) is 119 Å². The van der Waals surface area contributed by atoms with Crippen LogP contribution in [0.2, 0.25) is 0 Å². The summed E-state index contributed by atoms with van der Waals surface area (Å²) in [5, 5.41) is 2.41. The zero-order valence-electron chi connectivity index (χ0n) is 27.0. The van der Waals surface area contributed by atoms with Crippen LogP contribution in [0.4, 0.5) is 11.5 Å². The molecule has 0 atom stereocenters. The average molecular weight is 692 g/mol. The van der Waals surface area contributed by atoms with Crippen molar-refractivity contribution >= 4 is 40.2 Å². The van der Waals surface area contributed by atoms with E-state index in [1.807, 2.05) is 11.8 Å². The predicted molar refractivity (Wildman–Crippen MR) is 186 cm³/mol. The van der Waals surface area contributed by atoms with Crippen LogP contribution in [-0.4, -0.2) is 52.4 Å². The Labute approximate surface area is 297 Å². The minimum absolute atomic E-state index is 0. The number of thioether (sulfide) groups is 1. The first kappa shape index (κ1) is 33.2. The number of para-hydroxylation sites is 2. The number of pyridine rings is 1. The van der Waals surface area contributed by atoms with Gasteiger partial charge in [-0.15, -0.1) is 0 Å². The van der Waals surface area contributed by atoms with Crippen molar-refractivity contribution in [1.82, 2.24) is 0 Å². The Kier molecular flexibility index (Phi) is 10.7. The fourth-order valence-electron chi connectivity index (χ4n) is 6.04. The number of quaternary nitrogens is 1. The van der Waals surface area contributed by atoms with Crippen LogP contribution in [0.5, 0.6) is 5.75 Å². The Morgan fingerprint density at radius 2 is 1.58 bits per heavy atom. The van der Waals surface area contributed by atoms with E-state index in [1.165, 1.54) is 37.9 Å². The van der Waals surface area contributed by atoms with E-state index < -0.39 is 0 Å². The molecule has 0 saturated carbocycles. The number of rotatable bonds is 10. The van der Waals surface area contributed by atoms with E-state index in [4.69, 9.17) is 4.74 Å². The second-order valence-corrected chi connectivity index (χ2v) is 13.1.